The molecular weight excluding hydrogens is 344 g/mol. The van der Waals surface area contributed by atoms with Gasteiger partial charge in [0.25, 0.3) is 0 Å². The van der Waals surface area contributed by atoms with Crippen LogP contribution in [0.15, 0.2) is 23.1 Å². The highest BCUT2D eigenvalue weighted by Crippen LogP contribution is 2.20. The van der Waals surface area contributed by atoms with Crippen molar-refractivity contribution in [1.82, 2.24) is 4.90 Å². The van der Waals surface area contributed by atoms with Gasteiger partial charge in [-0.3, -0.25) is 9.59 Å². The SMILES string of the molecule is CS(=O)(=O)c1cc(NC(=O)CN2CSCC2=O)cc(C(=O)O)c1. The van der Waals surface area contributed by atoms with E-state index in [1.807, 2.05) is 0 Å². The van der Waals surface area contributed by atoms with Gasteiger partial charge in [0.15, 0.2) is 9.84 Å². The average Bonchev–Trinajstić information content (AvgIpc) is 2.82. The second-order valence-electron chi connectivity index (χ2n) is 4.94. The molecule has 1 heterocycles. The first-order chi connectivity index (χ1) is 10.7. The molecule has 1 aromatic rings. The molecule has 0 radical (unpaired) electrons. The van der Waals surface area contributed by atoms with Gasteiger partial charge in [-0.05, 0) is 18.2 Å². The van der Waals surface area contributed by atoms with Crippen LogP contribution in [-0.2, 0) is 19.4 Å². The molecule has 8 nitrogen and oxygen atoms in total. The quantitative estimate of drug-likeness (QED) is 0.774. The number of carboxylic acids is 1. The molecule has 1 aromatic carbocycles. The smallest absolute Gasteiger partial charge is 0.335 e. The number of carboxylic acid groups (broad SMARTS) is 1. The summed E-state index contributed by atoms with van der Waals surface area (Å²) in [5, 5.41) is 11.5. The standard InChI is InChI=1S/C13H14N2O6S2/c1-23(20,21)10-3-8(13(18)19)2-9(4-10)14-11(16)5-15-7-22-6-12(15)17/h2-4H,5-7H2,1H3,(H,14,16)(H,18,19). The Balaban J connectivity index is 2.21. The Morgan fingerprint density at radius 2 is 2.04 bits per heavy atom. The van der Waals surface area contributed by atoms with Crippen LogP contribution in [0.3, 0.4) is 0 Å². The Kier molecular flexibility index (Phi) is 4.95. The molecule has 2 rings (SSSR count). The van der Waals surface area contributed by atoms with Crippen molar-refractivity contribution in [3.05, 3.63) is 23.8 Å². The van der Waals surface area contributed by atoms with Crippen molar-refractivity contribution in [2.24, 2.45) is 0 Å². The number of anilines is 1. The lowest BCUT2D eigenvalue weighted by molar-refractivity contribution is -0.130. The average molecular weight is 358 g/mol. The number of rotatable bonds is 5. The maximum atomic E-state index is 11.9. The van der Waals surface area contributed by atoms with Gasteiger partial charge in [-0.25, -0.2) is 13.2 Å². The fraction of sp³-hybridized carbons (Fsp3) is 0.308. The molecular formula is C13H14N2O6S2. The van der Waals surface area contributed by atoms with Gasteiger partial charge in [-0.1, -0.05) is 0 Å². The zero-order valence-corrected chi connectivity index (χ0v) is 13.7. The molecule has 2 N–H and O–H groups in total. The summed E-state index contributed by atoms with van der Waals surface area (Å²) < 4.78 is 23.2. The molecule has 1 aliphatic heterocycles. The third kappa shape index (κ3) is 4.45. The summed E-state index contributed by atoms with van der Waals surface area (Å²) in [5.41, 5.74) is -0.203. The molecule has 10 heteroatoms. The van der Waals surface area contributed by atoms with E-state index in [-0.39, 0.29) is 28.6 Å². The Morgan fingerprint density at radius 3 is 2.57 bits per heavy atom. The molecule has 1 fully saturated rings. The maximum absolute atomic E-state index is 11.9. The predicted octanol–water partition coefficient (Wildman–Crippen LogP) is 0.260. The molecule has 0 saturated carbocycles. The van der Waals surface area contributed by atoms with Gasteiger partial charge in [0.05, 0.1) is 22.1 Å². The number of amides is 2. The maximum Gasteiger partial charge on any atom is 0.335 e. The zero-order chi connectivity index (χ0) is 17.2. The van der Waals surface area contributed by atoms with Gasteiger partial charge in [-0.2, -0.15) is 0 Å². The Labute approximate surface area is 136 Å². The van der Waals surface area contributed by atoms with E-state index < -0.39 is 21.7 Å². The molecule has 23 heavy (non-hydrogen) atoms. The van der Waals surface area contributed by atoms with E-state index >= 15 is 0 Å². The number of hydrogen-bond donors (Lipinski definition) is 2. The topological polar surface area (TPSA) is 121 Å². The van der Waals surface area contributed by atoms with Crippen LogP contribution >= 0.6 is 11.8 Å². The summed E-state index contributed by atoms with van der Waals surface area (Å²) >= 11 is 1.39. The molecule has 0 spiro atoms. The number of benzene rings is 1. The minimum Gasteiger partial charge on any atom is -0.478 e. The summed E-state index contributed by atoms with van der Waals surface area (Å²) in [7, 11) is -3.63. The molecule has 1 saturated heterocycles. The van der Waals surface area contributed by atoms with E-state index in [2.05, 4.69) is 5.32 Å². The van der Waals surface area contributed by atoms with Crippen LogP contribution in [0.25, 0.3) is 0 Å². The van der Waals surface area contributed by atoms with Gasteiger partial charge < -0.3 is 15.3 Å². The van der Waals surface area contributed by atoms with E-state index in [0.29, 0.717) is 11.6 Å². The lowest BCUT2D eigenvalue weighted by Gasteiger charge is -2.14. The fourth-order valence-electron chi connectivity index (χ4n) is 1.92. The molecule has 0 bridgehead atoms. The molecule has 124 valence electrons. The lowest BCUT2D eigenvalue weighted by Crippen LogP contribution is -2.34. The number of thioether (sulfide) groups is 1. The highest BCUT2D eigenvalue weighted by Gasteiger charge is 2.23. The van der Waals surface area contributed by atoms with Crippen molar-refractivity contribution in [3.8, 4) is 0 Å². The third-order valence-electron chi connectivity index (χ3n) is 3.03. The molecule has 0 aliphatic carbocycles. The second-order valence-corrected chi connectivity index (χ2v) is 7.91. The van der Waals surface area contributed by atoms with E-state index in [1.165, 1.54) is 22.7 Å². The molecule has 0 aromatic heterocycles. The summed E-state index contributed by atoms with van der Waals surface area (Å²) in [6.07, 6.45) is 0.944. The van der Waals surface area contributed by atoms with Gasteiger partial charge in [-0.15, -0.1) is 11.8 Å². The lowest BCUT2D eigenvalue weighted by atomic mass is 10.2. The van der Waals surface area contributed by atoms with E-state index in [9.17, 15) is 22.8 Å². The largest absolute Gasteiger partial charge is 0.478 e. The highest BCUT2D eigenvalue weighted by atomic mass is 32.2. The van der Waals surface area contributed by atoms with Crippen LogP contribution in [0.2, 0.25) is 0 Å². The van der Waals surface area contributed by atoms with Crippen LogP contribution < -0.4 is 5.32 Å². The molecule has 1 aliphatic rings. The number of carbonyl (C=O) groups excluding carboxylic acids is 2. The first-order valence-electron chi connectivity index (χ1n) is 6.40. The number of nitrogens with zero attached hydrogens (tertiary/aromatic N) is 1. The van der Waals surface area contributed by atoms with Gasteiger partial charge in [0.1, 0.15) is 6.54 Å². The Hall–Kier alpha value is -2.07. The number of sulfone groups is 1. The fourth-order valence-corrected chi connectivity index (χ4v) is 3.51. The number of hydrogen-bond acceptors (Lipinski definition) is 6. The van der Waals surface area contributed by atoms with Crippen molar-refractivity contribution in [1.29, 1.82) is 0 Å². The Bertz CT molecular complexity index is 775. The highest BCUT2D eigenvalue weighted by molar-refractivity contribution is 8.00. The second kappa shape index (κ2) is 6.59. The van der Waals surface area contributed by atoms with Crippen LogP contribution in [0, 0.1) is 0 Å². The van der Waals surface area contributed by atoms with Crippen molar-refractivity contribution in [2.75, 3.05) is 29.7 Å². The van der Waals surface area contributed by atoms with Crippen LogP contribution in [0.4, 0.5) is 5.69 Å². The molecule has 0 atom stereocenters. The van der Waals surface area contributed by atoms with Crippen LogP contribution in [0.5, 0.6) is 0 Å². The van der Waals surface area contributed by atoms with Gasteiger partial charge in [0, 0.05) is 11.9 Å². The number of carbonyl (C=O) groups is 3. The third-order valence-corrected chi connectivity index (χ3v) is 5.06. The predicted molar refractivity (Wildman–Crippen MR) is 84.2 cm³/mol. The number of aromatic carboxylic acids is 1. The van der Waals surface area contributed by atoms with Crippen molar-refractivity contribution in [3.63, 3.8) is 0 Å². The van der Waals surface area contributed by atoms with E-state index in [0.717, 1.165) is 18.4 Å². The molecule has 2 amide bonds. The Morgan fingerprint density at radius 1 is 1.35 bits per heavy atom. The normalized spacial score (nSPS) is 14.8. The molecule has 0 unspecified atom stereocenters. The van der Waals surface area contributed by atoms with Crippen molar-refractivity contribution in [2.45, 2.75) is 4.90 Å². The van der Waals surface area contributed by atoms with E-state index in [4.69, 9.17) is 5.11 Å². The summed E-state index contributed by atoms with van der Waals surface area (Å²) in [5.74, 6) is -1.25. The summed E-state index contributed by atoms with van der Waals surface area (Å²) in [4.78, 5) is 35.6. The van der Waals surface area contributed by atoms with Crippen molar-refractivity contribution >= 4 is 45.1 Å². The first-order valence-corrected chi connectivity index (χ1v) is 9.45. The monoisotopic (exact) mass is 358 g/mol. The number of nitrogens with one attached hydrogen (secondary N) is 1. The van der Waals surface area contributed by atoms with E-state index in [1.54, 1.807) is 0 Å². The van der Waals surface area contributed by atoms with Crippen LogP contribution in [0.1, 0.15) is 10.4 Å². The van der Waals surface area contributed by atoms with Crippen LogP contribution in [-0.4, -0.2) is 60.6 Å². The van der Waals surface area contributed by atoms with Gasteiger partial charge >= 0.3 is 5.97 Å². The summed E-state index contributed by atoms with van der Waals surface area (Å²) in [6.45, 7) is -0.169. The minimum atomic E-state index is -3.63. The summed E-state index contributed by atoms with van der Waals surface area (Å²) in [6, 6.07) is 3.36. The van der Waals surface area contributed by atoms with Crippen molar-refractivity contribution < 1.29 is 27.9 Å². The zero-order valence-electron chi connectivity index (χ0n) is 12.1. The first kappa shape index (κ1) is 17.3. The van der Waals surface area contributed by atoms with Gasteiger partial charge in [0.2, 0.25) is 11.8 Å². The minimum absolute atomic E-state index is 0.0506.